The maximum absolute atomic E-state index is 13.3. The first-order valence-electron chi connectivity index (χ1n) is 5.91. The predicted octanol–water partition coefficient (Wildman–Crippen LogP) is 1.79. The third kappa shape index (κ3) is 3.95. The lowest BCUT2D eigenvalue weighted by Crippen LogP contribution is -2.39. The molecule has 7 heteroatoms. The van der Waals surface area contributed by atoms with Crippen LogP contribution in [0.2, 0.25) is 0 Å². The second-order valence-electron chi connectivity index (χ2n) is 4.75. The zero-order valence-corrected chi connectivity index (χ0v) is 11.0. The van der Waals surface area contributed by atoms with Crippen molar-refractivity contribution in [1.82, 2.24) is 5.32 Å². The van der Waals surface area contributed by atoms with Crippen LogP contribution in [0, 0.1) is 0 Å². The van der Waals surface area contributed by atoms with Crippen molar-refractivity contribution in [2.75, 3.05) is 12.3 Å². The first-order valence-corrected chi connectivity index (χ1v) is 7.52. The first kappa shape index (κ1) is 14.4. The van der Waals surface area contributed by atoms with E-state index in [2.05, 4.69) is 5.32 Å². The molecule has 0 spiro atoms. The van der Waals surface area contributed by atoms with Crippen LogP contribution in [-0.2, 0) is 16.5 Å². The average Bonchev–Trinajstić information content (AvgIpc) is 2.66. The molecule has 0 fully saturated rings. The van der Waals surface area contributed by atoms with Crippen LogP contribution in [0.4, 0.5) is 8.78 Å². The molecule has 0 amide bonds. The van der Waals surface area contributed by atoms with Gasteiger partial charge in [-0.2, -0.15) is 8.42 Å². The number of aryl methyl sites for hydroxylation is 1. The molecule has 1 aliphatic carbocycles. The van der Waals surface area contributed by atoms with Gasteiger partial charge in [-0.15, -0.1) is 0 Å². The first-order chi connectivity index (χ1) is 8.77. The van der Waals surface area contributed by atoms with Gasteiger partial charge in [0.25, 0.3) is 16.0 Å². The Labute approximate surface area is 110 Å². The zero-order chi connectivity index (χ0) is 14.1. The van der Waals surface area contributed by atoms with Gasteiger partial charge in [0.2, 0.25) is 0 Å². The summed E-state index contributed by atoms with van der Waals surface area (Å²) in [6, 6.07) is 7.38. The smallest absolute Gasteiger partial charge is 0.276 e. The quantitative estimate of drug-likeness (QED) is 0.812. The molecular formula is C12H15F2NO3S. The van der Waals surface area contributed by atoms with Gasteiger partial charge < -0.3 is 5.32 Å². The molecule has 1 aromatic carbocycles. The molecule has 19 heavy (non-hydrogen) atoms. The van der Waals surface area contributed by atoms with E-state index in [9.17, 15) is 17.2 Å². The minimum absolute atomic E-state index is 0.191. The molecule has 1 aromatic rings. The molecule has 106 valence electrons. The van der Waals surface area contributed by atoms with Crippen LogP contribution in [0.3, 0.4) is 0 Å². The molecule has 0 radical (unpaired) electrons. The number of hydrogen-bond acceptors (Lipinski definition) is 3. The van der Waals surface area contributed by atoms with Gasteiger partial charge in [-0.05, 0) is 24.0 Å². The van der Waals surface area contributed by atoms with E-state index in [0.29, 0.717) is 6.42 Å². The maximum atomic E-state index is 13.3. The summed E-state index contributed by atoms with van der Waals surface area (Å²) >= 11 is 0. The van der Waals surface area contributed by atoms with Crippen LogP contribution in [0.25, 0.3) is 0 Å². The van der Waals surface area contributed by atoms with Crippen LogP contribution in [0.1, 0.15) is 23.6 Å². The molecule has 2 N–H and O–H groups in total. The lowest BCUT2D eigenvalue weighted by molar-refractivity contribution is 0.0221. The molecule has 0 aliphatic heterocycles. The minimum Gasteiger partial charge on any atom is -0.304 e. The predicted molar refractivity (Wildman–Crippen MR) is 66.9 cm³/mol. The van der Waals surface area contributed by atoms with Crippen molar-refractivity contribution in [1.29, 1.82) is 0 Å². The van der Waals surface area contributed by atoms with Gasteiger partial charge in [-0.1, -0.05) is 24.3 Å². The highest BCUT2D eigenvalue weighted by molar-refractivity contribution is 7.85. The Bertz CT molecular complexity index is 560. The van der Waals surface area contributed by atoms with Gasteiger partial charge in [0.05, 0.1) is 6.54 Å². The van der Waals surface area contributed by atoms with Gasteiger partial charge in [0, 0.05) is 6.04 Å². The van der Waals surface area contributed by atoms with Gasteiger partial charge in [0.15, 0.2) is 0 Å². The van der Waals surface area contributed by atoms with E-state index in [1.54, 1.807) is 0 Å². The molecule has 2 rings (SSSR count). The highest BCUT2D eigenvalue weighted by Gasteiger charge is 2.36. The molecule has 0 saturated heterocycles. The number of halogens is 2. The van der Waals surface area contributed by atoms with Gasteiger partial charge in [-0.25, -0.2) is 8.78 Å². The van der Waals surface area contributed by atoms with Crippen molar-refractivity contribution in [3.63, 3.8) is 0 Å². The number of rotatable bonds is 5. The Morgan fingerprint density at radius 3 is 2.74 bits per heavy atom. The van der Waals surface area contributed by atoms with E-state index < -0.39 is 28.3 Å². The molecular weight excluding hydrogens is 276 g/mol. The largest absolute Gasteiger partial charge is 0.304 e. The summed E-state index contributed by atoms with van der Waals surface area (Å²) in [5.41, 5.74) is 2.10. The lowest BCUT2D eigenvalue weighted by Gasteiger charge is -2.19. The summed E-state index contributed by atoms with van der Waals surface area (Å²) in [6.07, 6.45) is 1.53. The highest BCUT2D eigenvalue weighted by atomic mass is 32.2. The van der Waals surface area contributed by atoms with Crippen molar-refractivity contribution < 1.29 is 21.8 Å². The molecule has 0 aromatic heterocycles. The molecule has 1 atom stereocenters. The monoisotopic (exact) mass is 291 g/mol. The fraction of sp³-hybridized carbons (Fsp3) is 0.500. The number of nitrogens with one attached hydrogen (secondary N) is 1. The summed E-state index contributed by atoms with van der Waals surface area (Å²) in [5.74, 6) is -5.04. The third-order valence-corrected chi connectivity index (χ3v) is 3.92. The van der Waals surface area contributed by atoms with Crippen LogP contribution in [-0.4, -0.2) is 31.2 Å². The van der Waals surface area contributed by atoms with E-state index in [1.165, 1.54) is 0 Å². The standard InChI is InChI=1S/C12H15F2NO3S/c13-12(14,8-19(16,17)18)7-15-11-6-5-9-3-1-2-4-10(9)11/h1-4,11,15H,5-8H2,(H,16,17,18)/t11-/m1/s1. The van der Waals surface area contributed by atoms with E-state index in [-0.39, 0.29) is 6.04 Å². The van der Waals surface area contributed by atoms with Crippen molar-refractivity contribution >= 4 is 10.1 Å². The van der Waals surface area contributed by atoms with E-state index in [4.69, 9.17) is 4.55 Å². The molecule has 1 aliphatic rings. The fourth-order valence-electron chi connectivity index (χ4n) is 2.36. The number of fused-ring (bicyclic) bond motifs is 1. The summed E-state index contributed by atoms with van der Waals surface area (Å²) in [4.78, 5) is 0. The van der Waals surface area contributed by atoms with Crippen LogP contribution >= 0.6 is 0 Å². The SMILES string of the molecule is O=S(=O)(O)CC(F)(F)CN[C@@H]1CCc2ccccc21. The van der Waals surface area contributed by atoms with E-state index >= 15 is 0 Å². The zero-order valence-electron chi connectivity index (χ0n) is 10.1. The van der Waals surface area contributed by atoms with Crippen molar-refractivity contribution in [3.05, 3.63) is 35.4 Å². The Hall–Kier alpha value is -1.05. The number of hydrogen-bond donors (Lipinski definition) is 2. The number of alkyl halides is 2. The van der Waals surface area contributed by atoms with Crippen molar-refractivity contribution in [2.24, 2.45) is 0 Å². The van der Waals surface area contributed by atoms with Gasteiger partial charge in [0.1, 0.15) is 5.75 Å². The van der Waals surface area contributed by atoms with Gasteiger partial charge >= 0.3 is 0 Å². The molecule has 0 heterocycles. The summed E-state index contributed by atoms with van der Waals surface area (Å²) in [5, 5.41) is 2.68. The van der Waals surface area contributed by atoms with Gasteiger partial charge in [-0.3, -0.25) is 4.55 Å². The van der Waals surface area contributed by atoms with Crippen molar-refractivity contribution in [2.45, 2.75) is 24.8 Å². The third-order valence-electron chi connectivity index (χ3n) is 3.13. The Morgan fingerprint density at radius 1 is 1.37 bits per heavy atom. The van der Waals surface area contributed by atoms with E-state index in [1.807, 2.05) is 24.3 Å². The van der Waals surface area contributed by atoms with Crippen molar-refractivity contribution in [3.8, 4) is 0 Å². The molecule has 4 nitrogen and oxygen atoms in total. The summed E-state index contributed by atoms with van der Waals surface area (Å²) < 4.78 is 56.1. The minimum atomic E-state index is -4.68. The van der Waals surface area contributed by atoms with Crippen LogP contribution < -0.4 is 5.32 Å². The second kappa shape index (κ2) is 5.15. The second-order valence-corrected chi connectivity index (χ2v) is 6.21. The molecule has 0 saturated carbocycles. The Morgan fingerprint density at radius 2 is 2.05 bits per heavy atom. The highest BCUT2D eigenvalue weighted by Crippen LogP contribution is 2.31. The molecule has 0 bridgehead atoms. The Balaban J connectivity index is 1.97. The van der Waals surface area contributed by atoms with Crippen LogP contribution in [0.5, 0.6) is 0 Å². The molecule has 0 unspecified atom stereocenters. The van der Waals surface area contributed by atoms with E-state index in [0.717, 1.165) is 17.5 Å². The average molecular weight is 291 g/mol. The fourth-order valence-corrected chi connectivity index (χ4v) is 3.00. The lowest BCUT2D eigenvalue weighted by atomic mass is 10.1. The topological polar surface area (TPSA) is 66.4 Å². The summed E-state index contributed by atoms with van der Waals surface area (Å²) in [7, 11) is -4.68. The summed E-state index contributed by atoms with van der Waals surface area (Å²) in [6.45, 7) is -0.772. The normalized spacial score (nSPS) is 19.4. The number of benzene rings is 1. The maximum Gasteiger partial charge on any atom is 0.276 e. The van der Waals surface area contributed by atoms with Crippen LogP contribution in [0.15, 0.2) is 24.3 Å². The Kier molecular flexibility index (Phi) is 3.89.